The molecule has 0 fully saturated rings. The van der Waals surface area contributed by atoms with Crippen LogP contribution in [0.25, 0.3) is 0 Å². The second-order valence-electron chi connectivity index (χ2n) is 3.81. The number of aryl methyl sites for hydroxylation is 1. The van der Waals surface area contributed by atoms with Crippen LogP contribution in [0, 0.1) is 12.7 Å². The molecule has 2 nitrogen and oxygen atoms in total. The Morgan fingerprint density at radius 2 is 1.94 bits per heavy atom. The molecule has 0 saturated heterocycles. The molecule has 0 aliphatic rings. The van der Waals surface area contributed by atoms with Gasteiger partial charge in [-0.1, -0.05) is 12.1 Å². The number of rotatable bonds is 2. The fourth-order valence-corrected chi connectivity index (χ4v) is 1.87. The Labute approximate surface area is 108 Å². The zero-order chi connectivity index (χ0) is 12.4. The van der Waals surface area contributed by atoms with Crippen molar-refractivity contribution in [1.82, 2.24) is 0 Å². The molecule has 0 bridgehead atoms. The summed E-state index contributed by atoms with van der Waals surface area (Å²) in [5, 5.41) is 3.11. The summed E-state index contributed by atoms with van der Waals surface area (Å²) in [6.45, 7) is 1.99. The van der Waals surface area contributed by atoms with Crippen LogP contribution in [-0.2, 0) is 0 Å². The van der Waals surface area contributed by atoms with E-state index in [9.17, 15) is 4.39 Å². The van der Waals surface area contributed by atoms with Gasteiger partial charge in [-0.3, -0.25) is 0 Å². The van der Waals surface area contributed by atoms with Crippen LogP contribution in [0.2, 0.25) is 0 Å². The molecular formula is C13H12BrFN2. The van der Waals surface area contributed by atoms with Crippen LogP contribution in [0.4, 0.5) is 21.5 Å². The van der Waals surface area contributed by atoms with Gasteiger partial charge >= 0.3 is 0 Å². The molecule has 2 rings (SSSR count). The Morgan fingerprint density at radius 3 is 2.71 bits per heavy atom. The van der Waals surface area contributed by atoms with E-state index in [4.69, 9.17) is 5.73 Å². The molecular weight excluding hydrogens is 283 g/mol. The average molecular weight is 295 g/mol. The molecule has 0 radical (unpaired) electrons. The molecule has 0 spiro atoms. The van der Waals surface area contributed by atoms with E-state index >= 15 is 0 Å². The Balaban J connectivity index is 2.38. The van der Waals surface area contributed by atoms with Crippen molar-refractivity contribution in [1.29, 1.82) is 0 Å². The van der Waals surface area contributed by atoms with Crippen LogP contribution < -0.4 is 11.1 Å². The quantitative estimate of drug-likeness (QED) is 0.814. The monoisotopic (exact) mass is 294 g/mol. The van der Waals surface area contributed by atoms with Gasteiger partial charge in [0.15, 0.2) is 0 Å². The van der Waals surface area contributed by atoms with Crippen molar-refractivity contribution >= 4 is 33.0 Å². The van der Waals surface area contributed by atoms with E-state index in [-0.39, 0.29) is 5.69 Å². The lowest BCUT2D eigenvalue weighted by Crippen LogP contribution is -1.99. The molecule has 0 unspecified atom stereocenters. The number of benzene rings is 2. The molecule has 0 aromatic heterocycles. The van der Waals surface area contributed by atoms with Crippen molar-refractivity contribution in [2.75, 3.05) is 11.1 Å². The molecule has 2 aromatic rings. The van der Waals surface area contributed by atoms with Gasteiger partial charge in [-0.25, -0.2) is 4.39 Å². The van der Waals surface area contributed by atoms with Gasteiger partial charge < -0.3 is 11.1 Å². The summed E-state index contributed by atoms with van der Waals surface area (Å²) < 4.78 is 14.2. The molecule has 0 aliphatic heterocycles. The van der Waals surface area contributed by atoms with Crippen LogP contribution in [-0.4, -0.2) is 0 Å². The molecule has 0 heterocycles. The summed E-state index contributed by atoms with van der Waals surface area (Å²) in [6, 6.07) is 10.6. The second-order valence-corrected chi connectivity index (χ2v) is 4.66. The first-order valence-corrected chi connectivity index (χ1v) is 5.94. The van der Waals surface area contributed by atoms with Gasteiger partial charge in [0.05, 0.1) is 17.1 Å². The summed E-state index contributed by atoms with van der Waals surface area (Å²) in [5.41, 5.74) is 8.34. The fourth-order valence-electron chi connectivity index (χ4n) is 1.53. The van der Waals surface area contributed by atoms with E-state index in [0.29, 0.717) is 5.69 Å². The van der Waals surface area contributed by atoms with Gasteiger partial charge in [0.1, 0.15) is 5.82 Å². The van der Waals surface area contributed by atoms with Gasteiger partial charge in [0, 0.05) is 4.47 Å². The van der Waals surface area contributed by atoms with E-state index in [1.807, 2.05) is 25.1 Å². The third kappa shape index (κ3) is 2.58. The second kappa shape index (κ2) is 4.75. The highest BCUT2D eigenvalue weighted by atomic mass is 79.9. The minimum Gasteiger partial charge on any atom is -0.395 e. The Bertz CT molecular complexity index is 555. The van der Waals surface area contributed by atoms with Crippen LogP contribution >= 0.6 is 15.9 Å². The summed E-state index contributed by atoms with van der Waals surface area (Å²) in [7, 11) is 0. The molecule has 0 saturated carbocycles. The molecule has 3 N–H and O–H groups in total. The number of nitrogens with two attached hydrogens (primary N) is 1. The maximum Gasteiger partial charge on any atom is 0.148 e. The third-order valence-electron chi connectivity index (χ3n) is 2.44. The van der Waals surface area contributed by atoms with Crippen molar-refractivity contribution in [2.45, 2.75) is 6.92 Å². The zero-order valence-corrected chi connectivity index (χ0v) is 10.9. The van der Waals surface area contributed by atoms with Crippen molar-refractivity contribution < 1.29 is 4.39 Å². The predicted octanol–water partition coefficient (Wildman–Crippen LogP) is 4.22. The zero-order valence-electron chi connectivity index (χ0n) is 9.30. The number of nitrogens with one attached hydrogen (secondary N) is 1. The highest BCUT2D eigenvalue weighted by molar-refractivity contribution is 9.10. The topological polar surface area (TPSA) is 38.0 Å². The number of halogens is 2. The summed E-state index contributed by atoms with van der Waals surface area (Å²) in [4.78, 5) is 0. The SMILES string of the molecule is Cc1ccc(Br)c(Nc2cccc(F)c2N)c1. The van der Waals surface area contributed by atoms with Gasteiger partial charge in [-0.2, -0.15) is 0 Å². The molecule has 0 atom stereocenters. The first-order chi connectivity index (χ1) is 8.08. The summed E-state index contributed by atoms with van der Waals surface area (Å²) >= 11 is 3.43. The Morgan fingerprint density at radius 1 is 1.18 bits per heavy atom. The minimum absolute atomic E-state index is 0.126. The Hall–Kier alpha value is -1.55. The van der Waals surface area contributed by atoms with Gasteiger partial charge in [-0.05, 0) is 52.7 Å². The standard InChI is InChI=1S/C13H12BrFN2/c1-8-5-6-9(14)12(7-8)17-11-4-2-3-10(15)13(11)16/h2-7,17H,16H2,1H3. The maximum absolute atomic E-state index is 13.3. The van der Waals surface area contributed by atoms with Crippen LogP contribution in [0.3, 0.4) is 0 Å². The molecule has 17 heavy (non-hydrogen) atoms. The lowest BCUT2D eigenvalue weighted by Gasteiger charge is -2.12. The van der Waals surface area contributed by atoms with E-state index in [0.717, 1.165) is 15.7 Å². The molecule has 2 aromatic carbocycles. The third-order valence-corrected chi connectivity index (χ3v) is 3.14. The number of hydrogen-bond acceptors (Lipinski definition) is 2. The van der Waals surface area contributed by atoms with E-state index in [2.05, 4.69) is 21.2 Å². The lowest BCUT2D eigenvalue weighted by molar-refractivity contribution is 0.633. The summed E-state index contributed by atoms with van der Waals surface area (Å²) in [5.74, 6) is -0.418. The highest BCUT2D eigenvalue weighted by Crippen LogP contribution is 2.30. The number of nitrogen functional groups attached to an aromatic ring is 1. The normalized spacial score (nSPS) is 10.3. The largest absolute Gasteiger partial charge is 0.395 e. The number of hydrogen-bond donors (Lipinski definition) is 2. The predicted molar refractivity (Wildman–Crippen MR) is 73.0 cm³/mol. The van der Waals surface area contributed by atoms with Gasteiger partial charge in [0.25, 0.3) is 0 Å². The highest BCUT2D eigenvalue weighted by Gasteiger charge is 2.06. The fraction of sp³-hybridized carbons (Fsp3) is 0.0769. The van der Waals surface area contributed by atoms with Gasteiger partial charge in [0.2, 0.25) is 0 Å². The van der Waals surface area contributed by atoms with Crippen molar-refractivity contribution in [3.63, 3.8) is 0 Å². The number of anilines is 3. The van der Waals surface area contributed by atoms with Crippen molar-refractivity contribution in [3.8, 4) is 0 Å². The van der Waals surface area contributed by atoms with E-state index < -0.39 is 5.82 Å². The van der Waals surface area contributed by atoms with Gasteiger partial charge in [-0.15, -0.1) is 0 Å². The van der Waals surface area contributed by atoms with Crippen LogP contribution in [0.5, 0.6) is 0 Å². The molecule has 88 valence electrons. The smallest absolute Gasteiger partial charge is 0.148 e. The first kappa shape index (κ1) is 11.9. The average Bonchev–Trinajstić information content (AvgIpc) is 2.30. The molecule has 0 aliphatic carbocycles. The molecule has 4 heteroatoms. The first-order valence-electron chi connectivity index (χ1n) is 5.15. The van der Waals surface area contributed by atoms with Crippen LogP contribution in [0.1, 0.15) is 5.56 Å². The maximum atomic E-state index is 13.3. The van der Waals surface area contributed by atoms with Crippen molar-refractivity contribution in [2.24, 2.45) is 0 Å². The lowest BCUT2D eigenvalue weighted by atomic mass is 10.2. The van der Waals surface area contributed by atoms with E-state index in [1.54, 1.807) is 12.1 Å². The number of para-hydroxylation sites is 1. The molecule has 0 amide bonds. The summed E-state index contributed by atoms with van der Waals surface area (Å²) in [6.07, 6.45) is 0. The van der Waals surface area contributed by atoms with Crippen LogP contribution in [0.15, 0.2) is 40.9 Å². The van der Waals surface area contributed by atoms with Crippen molar-refractivity contribution in [3.05, 3.63) is 52.3 Å². The minimum atomic E-state index is -0.418. The Kier molecular flexibility index (Phi) is 3.33. The van der Waals surface area contributed by atoms with E-state index in [1.165, 1.54) is 6.07 Å².